The van der Waals surface area contributed by atoms with Gasteiger partial charge in [0.15, 0.2) is 16.2 Å². The Bertz CT molecular complexity index is 629. The maximum absolute atomic E-state index is 12.1. The van der Waals surface area contributed by atoms with E-state index in [9.17, 15) is 4.79 Å². The zero-order chi connectivity index (χ0) is 15.2. The van der Waals surface area contributed by atoms with E-state index in [-0.39, 0.29) is 11.7 Å². The van der Waals surface area contributed by atoms with E-state index in [1.807, 2.05) is 0 Å². The lowest BCUT2D eigenvalue weighted by atomic mass is 10.2. The van der Waals surface area contributed by atoms with Crippen LogP contribution in [0.3, 0.4) is 0 Å². The predicted octanol–water partition coefficient (Wildman–Crippen LogP) is 3.97. The van der Waals surface area contributed by atoms with Crippen molar-refractivity contribution in [2.75, 3.05) is 25.6 Å². The largest absolute Gasteiger partial charge is 0.487 e. The molecule has 0 radical (unpaired) electrons. The molecule has 0 aliphatic carbocycles. The average Bonchev–Trinajstić information content (AvgIpc) is 2.89. The molecule has 0 aliphatic heterocycles. The van der Waals surface area contributed by atoms with E-state index in [1.165, 1.54) is 0 Å². The number of halogens is 2. The summed E-state index contributed by atoms with van der Waals surface area (Å²) in [4.78, 5) is 12.1. The molecule has 0 atom stereocenters. The third-order valence-electron chi connectivity index (χ3n) is 2.55. The first-order chi connectivity index (χ1) is 10.1. The molecule has 112 valence electrons. The molecule has 1 heterocycles. The molecular weight excluding hydrogens is 362 g/mol. The van der Waals surface area contributed by atoms with Gasteiger partial charge in [0.25, 0.3) is 5.91 Å². The molecule has 0 fully saturated rings. The highest BCUT2D eigenvalue weighted by Gasteiger charge is 2.15. The summed E-state index contributed by atoms with van der Waals surface area (Å²) in [6.07, 6.45) is 0. The minimum Gasteiger partial charge on any atom is -0.487 e. The fourth-order valence-electron chi connectivity index (χ4n) is 1.60. The van der Waals surface area contributed by atoms with E-state index in [2.05, 4.69) is 21.2 Å². The minimum absolute atomic E-state index is 0.185. The molecule has 21 heavy (non-hydrogen) atoms. The second-order valence-corrected chi connectivity index (χ2v) is 5.20. The minimum atomic E-state index is -0.389. The number of furan rings is 1. The van der Waals surface area contributed by atoms with Crippen molar-refractivity contribution >= 4 is 39.1 Å². The molecule has 1 aromatic heterocycles. The van der Waals surface area contributed by atoms with Crippen LogP contribution in [0, 0.1) is 0 Å². The van der Waals surface area contributed by atoms with Crippen molar-refractivity contribution < 1.29 is 18.7 Å². The summed E-state index contributed by atoms with van der Waals surface area (Å²) in [7, 11) is 1.58. The van der Waals surface area contributed by atoms with Crippen LogP contribution in [0.25, 0.3) is 0 Å². The Morgan fingerprint density at radius 3 is 2.81 bits per heavy atom. The van der Waals surface area contributed by atoms with Crippen LogP contribution in [-0.4, -0.2) is 26.2 Å². The van der Waals surface area contributed by atoms with Gasteiger partial charge in [-0.3, -0.25) is 4.79 Å². The molecule has 7 heteroatoms. The van der Waals surface area contributed by atoms with Crippen LogP contribution < -0.4 is 10.1 Å². The molecule has 1 amide bonds. The third-order valence-corrected chi connectivity index (χ3v) is 3.27. The molecule has 0 unspecified atom stereocenters. The Balaban J connectivity index is 2.15. The van der Waals surface area contributed by atoms with Gasteiger partial charge in [0.05, 0.1) is 17.3 Å². The highest BCUT2D eigenvalue weighted by atomic mass is 79.9. The number of amides is 1. The zero-order valence-corrected chi connectivity index (χ0v) is 13.5. The molecule has 0 saturated carbocycles. The first kappa shape index (κ1) is 15.9. The predicted molar refractivity (Wildman–Crippen MR) is 83.2 cm³/mol. The van der Waals surface area contributed by atoms with Crippen LogP contribution in [0.1, 0.15) is 10.6 Å². The summed E-state index contributed by atoms with van der Waals surface area (Å²) in [5.41, 5.74) is 0.469. The average molecular weight is 375 g/mol. The van der Waals surface area contributed by atoms with Crippen molar-refractivity contribution in [1.82, 2.24) is 0 Å². The van der Waals surface area contributed by atoms with Crippen LogP contribution in [0.15, 0.2) is 39.4 Å². The molecule has 2 aromatic rings. The summed E-state index contributed by atoms with van der Waals surface area (Å²) < 4.78 is 16.1. The van der Waals surface area contributed by atoms with Crippen LogP contribution >= 0.6 is 27.5 Å². The Kier molecular flexibility index (Phi) is 5.67. The van der Waals surface area contributed by atoms with E-state index in [0.717, 1.165) is 0 Å². The van der Waals surface area contributed by atoms with Crippen molar-refractivity contribution in [3.63, 3.8) is 0 Å². The summed E-state index contributed by atoms with van der Waals surface area (Å²) >= 11 is 9.24. The summed E-state index contributed by atoms with van der Waals surface area (Å²) in [6, 6.07) is 8.31. The van der Waals surface area contributed by atoms with Gasteiger partial charge in [-0.1, -0.05) is 17.7 Å². The quantitative estimate of drug-likeness (QED) is 0.777. The number of para-hydroxylation sites is 1. The van der Waals surface area contributed by atoms with Gasteiger partial charge in [-0.25, -0.2) is 0 Å². The van der Waals surface area contributed by atoms with Crippen molar-refractivity contribution in [1.29, 1.82) is 0 Å². The monoisotopic (exact) mass is 373 g/mol. The Morgan fingerprint density at radius 1 is 1.33 bits per heavy atom. The second kappa shape index (κ2) is 7.49. The Labute approximate surface area is 135 Å². The number of carbonyl (C=O) groups is 1. The lowest BCUT2D eigenvalue weighted by molar-refractivity contribution is 0.0994. The van der Waals surface area contributed by atoms with Crippen LogP contribution in [-0.2, 0) is 4.74 Å². The smallest absolute Gasteiger partial charge is 0.291 e. The highest BCUT2D eigenvalue weighted by Crippen LogP contribution is 2.33. The van der Waals surface area contributed by atoms with Gasteiger partial charge < -0.3 is 19.2 Å². The summed E-state index contributed by atoms with van der Waals surface area (Å²) in [5, 5.41) is 3.11. The number of anilines is 1. The van der Waals surface area contributed by atoms with E-state index < -0.39 is 0 Å². The van der Waals surface area contributed by atoms with Crippen molar-refractivity contribution in [2.24, 2.45) is 0 Å². The molecule has 1 N–H and O–H groups in total. The van der Waals surface area contributed by atoms with Gasteiger partial charge in [0, 0.05) is 7.11 Å². The van der Waals surface area contributed by atoms with Gasteiger partial charge in [0.2, 0.25) is 0 Å². The number of rotatable bonds is 6. The molecule has 0 aliphatic rings. The fraction of sp³-hybridized carbons (Fsp3) is 0.214. The van der Waals surface area contributed by atoms with Gasteiger partial charge >= 0.3 is 0 Å². The number of hydrogen-bond donors (Lipinski definition) is 1. The summed E-state index contributed by atoms with van der Waals surface area (Å²) in [6.45, 7) is 0.749. The first-order valence-electron chi connectivity index (χ1n) is 6.08. The molecule has 2 rings (SSSR count). The van der Waals surface area contributed by atoms with E-state index >= 15 is 0 Å². The molecular formula is C14H13BrClNO4. The second-order valence-electron chi connectivity index (χ2n) is 4.02. The Hall–Kier alpha value is -1.50. The molecule has 5 nitrogen and oxygen atoms in total. The number of hydrogen-bond acceptors (Lipinski definition) is 4. The molecule has 0 saturated heterocycles. The van der Waals surface area contributed by atoms with Crippen molar-refractivity contribution in [3.05, 3.63) is 45.8 Å². The summed E-state index contributed by atoms with van der Waals surface area (Å²) in [5.74, 6) is 0.194. The molecule has 0 spiro atoms. The van der Waals surface area contributed by atoms with Crippen molar-refractivity contribution in [3.8, 4) is 5.75 Å². The van der Waals surface area contributed by atoms with Crippen LogP contribution in [0.2, 0.25) is 5.02 Å². The highest BCUT2D eigenvalue weighted by molar-refractivity contribution is 9.10. The van der Waals surface area contributed by atoms with Crippen LogP contribution in [0.4, 0.5) is 5.69 Å². The van der Waals surface area contributed by atoms with E-state index in [0.29, 0.717) is 34.3 Å². The van der Waals surface area contributed by atoms with E-state index in [1.54, 1.807) is 37.4 Å². The first-order valence-corrected chi connectivity index (χ1v) is 7.26. The maximum atomic E-state index is 12.1. The number of ether oxygens (including phenoxy) is 2. The van der Waals surface area contributed by atoms with Crippen molar-refractivity contribution in [2.45, 2.75) is 0 Å². The van der Waals surface area contributed by atoms with Gasteiger partial charge in [0.1, 0.15) is 6.61 Å². The number of nitrogens with one attached hydrogen (secondary N) is 1. The zero-order valence-electron chi connectivity index (χ0n) is 11.2. The third kappa shape index (κ3) is 4.23. The lowest BCUT2D eigenvalue weighted by Gasteiger charge is -2.13. The number of benzene rings is 1. The van der Waals surface area contributed by atoms with Gasteiger partial charge in [-0.15, -0.1) is 0 Å². The SMILES string of the molecule is COCCOc1c(Cl)cccc1NC(=O)c1ccc(Br)o1. The topological polar surface area (TPSA) is 60.7 Å². The van der Waals surface area contributed by atoms with Gasteiger partial charge in [-0.2, -0.15) is 0 Å². The lowest BCUT2D eigenvalue weighted by Crippen LogP contribution is -2.13. The standard InChI is InChI=1S/C14H13BrClNO4/c1-19-7-8-20-13-9(16)3-2-4-10(13)17-14(18)11-5-6-12(15)21-11/h2-6H,7-8H2,1H3,(H,17,18). The number of methoxy groups -OCH3 is 1. The fourth-order valence-corrected chi connectivity index (χ4v) is 2.14. The van der Waals surface area contributed by atoms with E-state index in [4.69, 9.17) is 25.5 Å². The van der Waals surface area contributed by atoms with Gasteiger partial charge in [-0.05, 0) is 40.2 Å². The maximum Gasteiger partial charge on any atom is 0.291 e. The molecule has 1 aromatic carbocycles. The van der Waals surface area contributed by atoms with Crippen LogP contribution in [0.5, 0.6) is 5.75 Å². The normalized spacial score (nSPS) is 10.4. The number of carbonyl (C=O) groups excluding carboxylic acids is 1. The Morgan fingerprint density at radius 2 is 2.14 bits per heavy atom. The molecule has 0 bridgehead atoms.